The van der Waals surface area contributed by atoms with Crippen LogP contribution in [-0.4, -0.2) is 57.2 Å². The Labute approximate surface area is 197 Å². The van der Waals surface area contributed by atoms with Crippen molar-refractivity contribution in [2.24, 2.45) is 5.92 Å². The molecule has 1 aromatic carbocycles. The van der Waals surface area contributed by atoms with E-state index in [9.17, 15) is 27.6 Å². The zero-order valence-corrected chi connectivity index (χ0v) is 18.6. The molecule has 0 unspecified atom stereocenters. The molecular weight excluding hydrogens is 469 g/mol. The van der Waals surface area contributed by atoms with Gasteiger partial charge in [-0.1, -0.05) is 12.1 Å². The molecule has 1 fully saturated rings. The van der Waals surface area contributed by atoms with Crippen LogP contribution < -0.4 is 10.2 Å². The maximum Gasteiger partial charge on any atom is 0.453 e. The molecule has 184 valence electrons. The molecule has 0 spiro atoms. The van der Waals surface area contributed by atoms with E-state index < -0.39 is 36.4 Å². The van der Waals surface area contributed by atoms with Crippen LogP contribution in [0.25, 0.3) is 5.65 Å². The number of ketones is 1. The number of ether oxygens (including phenoxy) is 1. The molecule has 3 heterocycles. The summed E-state index contributed by atoms with van der Waals surface area (Å²) in [5.41, 5.74) is 0.836. The van der Waals surface area contributed by atoms with Crippen molar-refractivity contribution in [3.8, 4) is 0 Å². The summed E-state index contributed by atoms with van der Waals surface area (Å²) in [5.74, 6) is -2.57. The van der Waals surface area contributed by atoms with Gasteiger partial charge in [-0.25, -0.2) is 0 Å². The molecule has 3 aromatic rings. The number of nitrogens with zero attached hydrogens (tertiary/aromatic N) is 5. The maximum atomic E-state index is 13.1. The molecule has 35 heavy (non-hydrogen) atoms. The fourth-order valence-electron chi connectivity index (χ4n) is 3.74. The SMILES string of the molecule is CC(=O)c1cccc(NC(=O)COC(=O)C2CCN(c3ccc4nnc(C(F)(F)F)n4n3)CC2)c1. The lowest BCUT2D eigenvalue weighted by Gasteiger charge is -2.31. The van der Waals surface area contributed by atoms with Crippen LogP contribution in [0.2, 0.25) is 0 Å². The Kier molecular flexibility index (Phi) is 6.67. The van der Waals surface area contributed by atoms with E-state index in [1.165, 1.54) is 19.1 Å². The third-order valence-corrected chi connectivity index (χ3v) is 5.55. The minimum absolute atomic E-state index is 0.0224. The highest BCUT2D eigenvalue weighted by Crippen LogP contribution is 2.29. The average Bonchev–Trinajstić information content (AvgIpc) is 3.27. The van der Waals surface area contributed by atoms with Crippen LogP contribution >= 0.6 is 0 Å². The Morgan fingerprint density at radius 1 is 1.11 bits per heavy atom. The van der Waals surface area contributed by atoms with Gasteiger partial charge in [0.1, 0.15) is 5.82 Å². The average molecular weight is 490 g/mol. The molecule has 1 aliphatic rings. The van der Waals surface area contributed by atoms with Crippen LogP contribution in [0.1, 0.15) is 35.9 Å². The number of Topliss-reactive ketones (excluding diaryl/α,β-unsaturated/α-hetero) is 1. The normalized spacial score (nSPS) is 14.7. The lowest BCUT2D eigenvalue weighted by atomic mass is 9.97. The summed E-state index contributed by atoms with van der Waals surface area (Å²) in [6, 6.07) is 9.35. The molecule has 0 radical (unpaired) electrons. The van der Waals surface area contributed by atoms with E-state index in [2.05, 4.69) is 20.6 Å². The minimum atomic E-state index is -4.69. The molecule has 1 amide bonds. The highest BCUT2D eigenvalue weighted by molar-refractivity contribution is 5.97. The van der Waals surface area contributed by atoms with Crippen molar-refractivity contribution in [1.82, 2.24) is 19.8 Å². The van der Waals surface area contributed by atoms with Crippen molar-refractivity contribution in [3.05, 3.63) is 47.8 Å². The summed E-state index contributed by atoms with van der Waals surface area (Å²) in [5, 5.41) is 13.2. The van der Waals surface area contributed by atoms with E-state index in [0.717, 1.165) is 0 Å². The third-order valence-electron chi connectivity index (χ3n) is 5.55. The van der Waals surface area contributed by atoms with Crippen LogP contribution in [0.3, 0.4) is 0 Å². The van der Waals surface area contributed by atoms with Crippen molar-refractivity contribution >= 4 is 34.8 Å². The summed E-state index contributed by atoms with van der Waals surface area (Å²) in [6.07, 6.45) is -3.92. The highest BCUT2D eigenvalue weighted by atomic mass is 19.4. The number of alkyl halides is 3. The first kappa shape index (κ1) is 24.1. The van der Waals surface area contributed by atoms with Crippen molar-refractivity contribution in [1.29, 1.82) is 0 Å². The van der Waals surface area contributed by atoms with Crippen LogP contribution in [0.4, 0.5) is 24.7 Å². The number of hydrogen-bond donors (Lipinski definition) is 1. The van der Waals surface area contributed by atoms with Crippen molar-refractivity contribution in [2.45, 2.75) is 25.9 Å². The monoisotopic (exact) mass is 490 g/mol. The Morgan fingerprint density at radius 3 is 2.54 bits per heavy atom. The molecule has 4 rings (SSSR count). The van der Waals surface area contributed by atoms with Crippen molar-refractivity contribution < 1.29 is 32.3 Å². The van der Waals surface area contributed by atoms with Crippen molar-refractivity contribution in [3.63, 3.8) is 0 Å². The van der Waals surface area contributed by atoms with E-state index in [1.807, 2.05) is 0 Å². The molecule has 1 aliphatic heterocycles. The van der Waals surface area contributed by atoms with E-state index in [0.29, 0.717) is 47.5 Å². The Bertz CT molecular complexity index is 1270. The van der Waals surface area contributed by atoms with Gasteiger partial charge in [0.2, 0.25) is 0 Å². The number of halogens is 3. The molecule has 1 saturated heterocycles. The van der Waals surface area contributed by atoms with Gasteiger partial charge in [0, 0.05) is 24.3 Å². The summed E-state index contributed by atoms with van der Waals surface area (Å²) in [4.78, 5) is 37.7. The Morgan fingerprint density at radius 2 is 1.86 bits per heavy atom. The second-order valence-corrected chi connectivity index (χ2v) is 8.04. The molecule has 0 bridgehead atoms. The van der Waals surface area contributed by atoms with Gasteiger partial charge < -0.3 is 15.0 Å². The van der Waals surface area contributed by atoms with Crippen LogP contribution in [0, 0.1) is 5.92 Å². The maximum absolute atomic E-state index is 13.1. The van der Waals surface area contributed by atoms with E-state index in [4.69, 9.17) is 4.74 Å². The van der Waals surface area contributed by atoms with Gasteiger partial charge in [-0.2, -0.15) is 17.7 Å². The predicted molar refractivity (Wildman–Crippen MR) is 117 cm³/mol. The zero-order chi connectivity index (χ0) is 25.2. The number of esters is 1. The molecule has 0 saturated carbocycles. The Hall–Kier alpha value is -4.03. The smallest absolute Gasteiger partial charge is 0.453 e. The lowest BCUT2D eigenvalue weighted by molar-refractivity contribution is -0.152. The number of benzene rings is 1. The number of anilines is 2. The number of fused-ring (bicyclic) bond motifs is 1. The number of hydrogen-bond acceptors (Lipinski definition) is 8. The number of aromatic nitrogens is 4. The van der Waals surface area contributed by atoms with Gasteiger partial charge in [-0.15, -0.1) is 15.3 Å². The molecule has 0 aliphatic carbocycles. The fraction of sp³-hybridized carbons (Fsp3) is 0.364. The van der Waals surface area contributed by atoms with Gasteiger partial charge >= 0.3 is 12.1 Å². The van der Waals surface area contributed by atoms with E-state index in [-0.39, 0.29) is 11.4 Å². The second-order valence-electron chi connectivity index (χ2n) is 8.04. The second kappa shape index (κ2) is 9.68. The highest BCUT2D eigenvalue weighted by Gasteiger charge is 2.38. The van der Waals surface area contributed by atoms with Crippen molar-refractivity contribution in [2.75, 3.05) is 29.9 Å². The standard InChI is InChI=1S/C22H21F3N6O4/c1-13(32)15-3-2-4-16(11-15)26-19(33)12-35-20(34)14-7-9-30(10-8-14)18-6-5-17-27-28-21(22(23,24)25)31(17)29-18/h2-6,11,14H,7-10,12H2,1H3,(H,26,33). The first-order valence-electron chi connectivity index (χ1n) is 10.7. The number of carbonyl (C=O) groups is 3. The number of rotatable bonds is 6. The van der Waals surface area contributed by atoms with Crippen LogP contribution in [0.15, 0.2) is 36.4 Å². The van der Waals surface area contributed by atoms with Gasteiger partial charge in [0.25, 0.3) is 11.7 Å². The summed E-state index contributed by atoms with van der Waals surface area (Å²) < 4.78 is 45.1. The molecule has 2 aromatic heterocycles. The summed E-state index contributed by atoms with van der Waals surface area (Å²) in [7, 11) is 0. The number of piperidine rings is 1. The molecule has 13 heteroatoms. The predicted octanol–water partition coefficient (Wildman–Crippen LogP) is 2.74. The van der Waals surface area contributed by atoms with Gasteiger partial charge in [0.05, 0.1) is 5.92 Å². The fourth-order valence-corrected chi connectivity index (χ4v) is 3.74. The first-order chi connectivity index (χ1) is 16.6. The topological polar surface area (TPSA) is 119 Å². The van der Waals surface area contributed by atoms with Gasteiger partial charge in [0.15, 0.2) is 18.0 Å². The first-order valence-corrected chi connectivity index (χ1v) is 10.7. The quantitative estimate of drug-likeness (QED) is 0.414. The van der Waals surface area contributed by atoms with Crippen LogP contribution in [-0.2, 0) is 20.5 Å². The summed E-state index contributed by atoms with van der Waals surface area (Å²) >= 11 is 0. The minimum Gasteiger partial charge on any atom is -0.455 e. The largest absolute Gasteiger partial charge is 0.455 e. The number of nitrogens with one attached hydrogen (secondary N) is 1. The number of carbonyl (C=O) groups excluding carboxylic acids is 3. The molecule has 1 N–H and O–H groups in total. The zero-order valence-electron chi connectivity index (χ0n) is 18.6. The third kappa shape index (κ3) is 5.55. The summed E-state index contributed by atoms with van der Waals surface area (Å²) in [6.45, 7) is 1.67. The lowest BCUT2D eigenvalue weighted by Crippen LogP contribution is -2.38. The van der Waals surface area contributed by atoms with Crippen LogP contribution in [0.5, 0.6) is 0 Å². The van der Waals surface area contributed by atoms with Gasteiger partial charge in [-0.05, 0) is 44.0 Å². The molecular formula is C22H21F3N6O4. The van der Waals surface area contributed by atoms with E-state index >= 15 is 0 Å². The molecule has 0 atom stereocenters. The van der Waals surface area contributed by atoms with E-state index in [1.54, 1.807) is 29.2 Å². The molecule has 10 nitrogen and oxygen atoms in total. The Balaban J connectivity index is 1.29. The van der Waals surface area contributed by atoms with Gasteiger partial charge in [-0.3, -0.25) is 14.4 Å². The number of amides is 1.